The summed E-state index contributed by atoms with van der Waals surface area (Å²) in [7, 11) is 1.54. The van der Waals surface area contributed by atoms with E-state index in [1.165, 1.54) is 25.2 Å². The van der Waals surface area contributed by atoms with Gasteiger partial charge in [-0.2, -0.15) is 0 Å². The van der Waals surface area contributed by atoms with Gasteiger partial charge in [0.1, 0.15) is 11.5 Å². The van der Waals surface area contributed by atoms with E-state index in [2.05, 4.69) is 25.9 Å². The molecule has 0 unspecified atom stereocenters. The first-order valence-corrected chi connectivity index (χ1v) is 9.02. The van der Waals surface area contributed by atoms with Crippen molar-refractivity contribution >= 4 is 40.8 Å². The van der Waals surface area contributed by atoms with E-state index in [1.54, 1.807) is 30.6 Å². The molecule has 3 aromatic rings. The number of pyridine rings is 2. The Morgan fingerprint density at radius 1 is 1.21 bits per heavy atom. The molecule has 1 amide bonds. The predicted octanol–water partition coefficient (Wildman–Crippen LogP) is 3.84. The van der Waals surface area contributed by atoms with Crippen LogP contribution in [0.15, 0.2) is 48.8 Å². The number of carbonyl (C=O) groups is 1. The molecule has 0 aliphatic rings. The van der Waals surface area contributed by atoms with Gasteiger partial charge < -0.3 is 21.4 Å². The first-order valence-electron chi connectivity index (χ1n) is 8.64. The second-order valence-corrected chi connectivity index (χ2v) is 6.41. The minimum Gasteiger partial charge on any atom is -0.373 e. The lowest BCUT2D eigenvalue weighted by molar-refractivity contribution is -0.118. The smallest absolute Gasteiger partial charge is 0.239 e. The predicted molar refractivity (Wildman–Crippen MR) is 113 cm³/mol. The van der Waals surface area contributed by atoms with Crippen LogP contribution < -0.4 is 16.0 Å². The van der Waals surface area contributed by atoms with Gasteiger partial charge in [0.2, 0.25) is 5.91 Å². The Hall–Kier alpha value is -3.52. The number of likely N-dealkylation sites (N-methyl/N-ethyl adjacent to an activating group) is 1. The number of amides is 1. The molecule has 0 fully saturated rings. The molecule has 3 rings (SSSR count). The molecule has 0 saturated carbocycles. The van der Waals surface area contributed by atoms with Gasteiger partial charge in [-0.25, -0.2) is 4.39 Å². The van der Waals surface area contributed by atoms with Crippen LogP contribution in [-0.4, -0.2) is 35.7 Å². The summed E-state index contributed by atoms with van der Waals surface area (Å²) in [5.74, 6) is -0.639. The lowest BCUT2D eigenvalue weighted by atomic mass is 10.1. The van der Waals surface area contributed by atoms with Gasteiger partial charge in [-0.3, -0.25) is 14.8 Å². The molecule has 0 aliphatic heterocycles. The van der Waals surface area contributed by atoms with Crippen molar-refractivity contribution in [3.8, 4) is 11.3 Å². The van der Waals surface area contributed by atoms with Crippen LogP contribution >= 0.6 is 11.6 Å². The maximum absolute atomic E-state index is 14.2. The van der Waals surface area contributed by atoms with Crippen molar-refractivity contribution in [3.05, 3.63) is 65.3 Å². The molecule has 29 heavy (non-hydrogen) atoms. The number of benzene rings is 1. The summed E-state index contributed by atoms with van der Waals surface area (Å²) in [6.45, 7) is 0.0209. The molecule has 2 heterocycles. The van der Waals surface area contributed by atoms with Gasteiger partial charge in [0, 0.05) is 41.9 Å². The molecule has 148 valence electrons. The molecule has 0 saturated heterocycles. The lowest BCUT2D eigenvalue weighted by Crippen LogP contribution is -2.26. The van der Waals surface area contributed by atoms with Crippen molar-refractivity contribution in [1.29, 1.82) is 5.41 Å². The zero-order valence-corrected chi connectivity index (χ0v) is 16.2. The van der Waals surface area contributed by atoms with E-state index < -0.39 is 5.82 Å². The second-order valence-electron chi connectivity index (χ2n) is 5.97. The highest BCUT2D eigenvalue weighted by Gasteiger charge is 2.12. The quantitative estimate of drug-likeness (QED) is 0.441. The number of aromatic nitrogens is 2. The topological polar surface area (TPSA) is 103 Å². The number of anilines is 3. The summed E-state index contributed by atoms with van der Waals surface area (Å²) >= 11 is 5.98. The number of nitrogens with zero attached hydrogens (tertiary/aromatic N) is 2. The third-order valence-electron chi connectivity index (χ3n) is 4.06. The van der Waals surface area contributed by atoms with Gasteiger partial charge >= 0.3 is 0 Å². The van der Waals surface area contributed by atoms with Crippen LogP contribution in [-0.2, 0) is 4.79 Å². The van der Waals surface area contributed by atoms with E-state index in [1.807, 2.05) is 0 Å². The largest absolute Gasteiger partial charge is 0.373 e. The Morgan fingerprint density at radius 3 is 2.76 bits per heavy atom. The summed E-state index contributed by atoms with van der Waals surface area (Å²) < 4.78 is 14.2. The van der Waals surface area contributed by atoms with E-state index in [9.17, 15) is 9.18 Å². The van der Waals surface area contributed by atoms with Crippen molar-refractivity contribution in [2.24, 2.45) is 0 Å². The van der Waals surface area contributed by atoms with E-state index in [-0.39, 0.29) is 18.0 Å². The molecule has 0 aliphatic carbocycles. The van der Waals surface area contributed by atoms with Crippen molar-refractivity contribution < 1.29 is 9.18 Å². The van der Waals surface area contributed by atoms with E-state index in [0.717, 1.165) is 6.21 Å². The fraction of sp³-hybridized carbons (Fsp3) is 0.100. The Labute approximate surface area is 171 Å². The molecule has 0 bridgehead atoms. The Kier molecular flexibility index (Phi) is 6.36. The van der Waals surface area contributed by atoms with Gasteiger partial charge in [-0.05, 0) is 36.4 Å². The van der Waals surface area contributed by atoms with Crippen LogP contribution in [0.1, 0.15) is 5.69 Å². The first-order chi connectivity index (χ1) is 14.0. The van der Waals surface area contributed by atoms with Crippen molar-refractivity contribution in [3.63, 3.8) is 0 Å². The van der Waals surface area contributed by atoms with Gasteiger partial charge in [0.15, 0.2) is 0 Å². The summed E-state index contributed by atoms with van der Waals surface area (Å²) in [4.78, 5) is 19.9. The van der Waals surface area contributed by atoms with Gasteiger partial charge in [0.25, 0.3) is 0 Å². The third-order valence-corrected chi connectivity index (χ3v) is 4.30. The molecule has 4 N–H and O–H groups in total. The van der Waals surface area contributed by atoms with Gasteiger partial charge in [0.05, 0.1) is 23.6 Å². The zero-order chi connectivity index (χ0) is 20.8. The fourth-order valence-corrected chi connectivity index (χ4v) is 2.81. The third kappa shape index (κ3) is 4.85. The molecule has 0 spiro atoms. The van der Waals surface area contributed by atoms with E-state index in [0.29, 0.717) is 33.5 Å². The number of rotatable bonds is 7. The van der Waals surface area contributed by atoms with Crippen LogP contribution in [0.2, 0.25) is 5.02 Å². The van der Waals surface area contributed by atoms with Crippen molar-refractivity contribution in [2.75, 3.05) is 24.2 Å². The Bertz CT molecular complexity index is 1060. The first kappa shape index (κ1) is 20.2. The average molecular weight is 413 g/mol. The molecule has 0 atom stereocenters. The molecule has 7 nitrogen and oxygen atoms in total. The monoisotopic (exact) mass is 412 g/mol. The minimum absolute atomic E-state index is 0.0209. The Balaban J connectivity index is 1.93. The van der Waals surface area contributed by atoms with Crippen molar-refractivity contribution in [2.45, 2.75) is 0 Å². The number of hydrogen-bond donors (Lipinski definition) is 4. The van der Waals surface area contributed by atoms with E-state index in [4.69, 9.17) is 17.0 Å². The molecule has 1 aromatic carbocycles. The highest BCUT2D eigenvalue weighted by molar-refractivity contribution is 6.30. The second kappa shape index (κ2) is 9.11. The number of carbonyl (C=O) groups excluding carboxylic acids is 1. The molecule has 2 aromatic heterocycles. The van der Waals surface area contributed by atoms with Gasteiger partial charge in [-0.15, -0.1) is 0 Å². The number of hydrogen-bond acceptors (Lipinski definition) is 6. The molecular weight excluding hydrogens is 395 g/mol. The maximum Gasteiger partial charge on any atom is 0.239 e. The van der Waals surface area contributed by atoms with Gasteiger partial charge in [-0.1, -0.05) is 11.6 Å². The number of nitrogens with one attached hydrogen (secondary N) is 4. The Morgan fingerprint density at radius 2 is 2.00 bits per heavy atom. The summed E-state index contributed by atoms with van der Waals surface area (Å²) in [6.07, 6.45) is 4.19. The summed E-state index contributed by atoms with van der Waals surface area (Å²) in [5.41, 5.74) is 2.81. The van der Waals surface area contributed by atoms with Crippen LogP contribution in [0.4, 0.5) is 21.5 Å². The zero-order valence-electron chi connectivity index (χ0n) is 15.5. The fourth-order valence-electron chi connectivity index (χ4n) is 2.64. The normalized spacial score (nSPS) is 10.3. The average Bonchev–Trinajstić information content (AvgIpc) is 2.74. The van der Waals surface area contributed by atoms with Crippen molar-refractivity contribution in [1.82, 2.24) is 15.3 Å². The number of halogens is 2. The molecule has 9 heteroatoms. The molecular formula is C20H18ClFN6O. The summed E-state index contributed by atoms with van der Waals surface area (Å²) in [5, 5.41) is 16.7. The highest BCUT2D eigenvalue weighted by atomic mass is 35.5. The standard InChI is InChI=1S/C20H18ClFN6O/c1-24-19(29)11-27-20-16(5-7-26-18(20)10-23)28-13-4-6-25-17(9-13)14-8-12(21)2-3-15(14)22/h2-10,23,27H,11H2,1H3,(H,24,29)(H,25,26,28). The van der Waals surface area contributed by atoms with Crippen LogP contribution in [0.3, 0.4) is 0 Å². The van der Waals surface area contributed by atoms with Crippen LogP contribution in [0, 0.1) is 11.2 Å². The summed E-state index contributed by atoms with van der Waals surface area (Å²) in [6, 6.07) is 9.39. The SMILES string of the molecule is CNC(=O)CNc1c(Nc2ccnc(-c3cc(Cl)ccc3F)c2)ccnc1C=N. The van der Waals surface area contributed by atoms with Crippen LogP contribution in [0.25, 0.3) is 11.3 Å². The lowest BCUT2D eigenvalue weighted by Gasteiger charge is -2.15. The maximum atomic E-state index is 14.2. The van der Waals surface area contributed by atoms with E-state index >= 15 is 0 Å². The minimum atomic E-state index is -0.429. The molecule has 0 radical (unpaired) electrons. The van der Waals surface area contributed by atoms with Crippen LogP contribution in [0.5, 0.6) is 0 Å². The highest BCUT2D eigenvalue weighted by Crippen LogP contribution is 2.30.